The molecule has 3 aromatic rings. The maximum Gasteiger partial charge on any atom is 0.405 e. The highest BCUT2D eigenvalue weighted by Gasteiger charge is 2.48. The highest BCUT2D eigenvalue weighted by atomic mass is 16.6. The maximum atomic E-state index is 14.5. The number of imidazole rings is 1. The largest absolute Gasteiger partial charge is 0.432 e. The highest BCUT2D eigenvalue weighted by molar-refractivity contribution is 5.89. The number of nitrogens with two attached hydrogens (primary N) is 1. The van der Waals surface area contributed by atoms with Crippen LogP contribution in [-0.4, -0.2) is 44.8 Å². The maximum absolute atomic E-state index is 14.5. The van der Waals surface area contributed by atoms with Gasteiger partial charge in [-0.15, -0.1) is 6.58 Å². The molecular formula is C34H44N4O4. The fraction of sp³-hybridized carbons (Fsp3) is 0.441. The summed E-state index contributed by atoms with van der Waals surface area (Å²) in [5, 5.41) is 14.5. The van der Waals surface area contributed by atoms with Crippen molar-refractivity contribution in [3.8, 4) is 11.1 Å². The molecule has 2 aromatic carbocycles. The third-order valence-corrected chi connectivity index (χ3v) is 8.42. The lowest BCUT2D eigenvalue weighted by molar-refractivity contribution is -0.143. The minimum absolute atomic E-state index is 0.0361. The molecule has 4 rings (SSSR count). The topological polar surface area (TPSA) is 130 Å². The summed E-state index contributed by atoms with van der Waals surface area (Å²) in [5.74, 6) is -0.173. The monoisotopic (exact) mass is 572 g/mol. The SMILES string of the molecule is C=CC(C[C@H](O)[C@H](CC(C)C)NC(=O)[C@@](Cc1cnc[nH]1)(CC1c2ccccc2-c2ccccc21)OC(N)=O)C(C)C. The Morgan fingerprint density at radius 3 is 2.21 bits per heavy atom. The molecule has 0 spiro atoms. The minimum atomic E-state index is -1.68. The lowest BCUT2D eigenvalue weighted by atomic mass is 9.80. The van der Waals surface area contributed by atoms with Crippen LogP contribution in [0.15, 0.2) is 73.7 Å². The first-order valence-corrected chi connectivity index (χ1v) is 14.8. The number of carbonyl (C=O) groups excluding carboxylic acids is 2. The first-order chi connectivity index (χ1) is 20.0. The van der Waals surface area contributed by atoms with Crippen molar-refractivity contribution in [2.45, 2.75) is 77.0 Å². The first-order valence-electron chi connectivity index (χ1n) is 14.8. The summed E-state index contributed by atoms with van der Waals surface area (Å²) >= 11 is 0. The van der Waals surface area contributed by atoms with Crippen molar-refractivity contribution in [1.29, 1.82) is 0 Å². The lowest BCUT2D eigenvalue weighted by Crippen LogP contribution is -2.57. The van der Waals surface area contributed by atoms with E-state index in [0.29, 0.717) is 18.5 Å². The number of hydrogen-bond donors (Lipinski definition) is 4. The molecule has 0 radical (unpaired) electrons. The van der Waals surface area contributed by atoms with E-state index in [-0.39, 0.29) is 36.5 Å². The average Bonchev–Trinajstić information content (AvgIpc) is 3.56. The molecule has 0 bridgehead atoms. The van der Waals surface area contributed by atoms with Gasteiger partial charge in [-0.3, -0.25) is 4.79 Å². The van der Waals surface area contributed by atoms with Crippen molar-refractivity contribution in [1.82, 2.24) is 15.3 Å². The second kappa shape index (κ2) is 13.4. The summed E-state index contributed by atoms with van der Waals surface area (Å²) in [6, 6.07) is 15.6. The number of hydrogen-bond acceptors (Lipinski definition) is 5. The fourth-order valence-corrected chi connectivity index (χ4v) is 6.26. The van der Waals surface area contributed by atoms with Crippen molar-refractivity contribution in [3.05, 3.63) is 90.5 Å². The molecule has 0 saturated heterocycles. The predicted octanol–water partition coefficient (Wildman–Crippen LogP) is 5.73. The van der Waals surface area contributed by atoms with Crippen molar-refractivity contribution < 1.29 is 19.4 Å². The molecule has 0 fully saturated rings. The van der Waals surface area contributed by atoms with Gasteiger partial charge in [-0.05, 0) is 52.8 Å². The highest BCUT2D eigenvalue weighted by Crippen LogP contribution is 2.48. The molecule has 8 heteroatoms. The number of benzene rings is 2. The van der Waals surface area contributed by atoms with Gasteiger partial charge in [0.15, 0.2) is 5.60 Å². The van der Waals surface area contributed by atoms with Gasteiger partial charge in [-0.2, -0.15) is 0 Å². The molecule has 5 N–H and O–H groups in total. The Kier molecular flexibility index (Phi) is 9.89. The number of ether oxygens (including phenoxy) is 1. The number of fused-ring (bicyclic) bond motifs is 3. The van der Waals surface area contributed by atoms with Gasteiger partial charge >= 0.3 is 6.09 Å². The van der Waals surface area contributed by atoms with Crippen LogP contribution in [0, 0.1) is 17.8 Å². The van der Waals surface area contributed by atoms with Crippen molar-refractivity contribution >= 4 is 12.0 Å². The molecule has 1 heterocycles. The van der Waals surface area contributed by atoms with Gasteiger partial charge in [0.1, 0.15) is 0 Å². The number of nitrogens with zero attached hydrogens (tertiary/aromatic N) is 1. The van der Waals surface area contributed by atoms with Crippen LogP contribution in [0.25, 0.3) is 11.1 Å². The molecule has 0 saturated carbocycles. The number of H-pyrrole nitrogens is 1. The molecule has 224 valence electrons. The van der Waals surface area contributed by atoms with Crippen LogP contribution < -0.4 is 11.1 Å². The van der Waals surface area contributed by atoms with Gasteiger partial charge < -0.3 is 25.9 Å². The smallest absolute Gasteiger partial charge is 0.405 e. The summed E-state index contributed by atoms with van der Waals surface area (Å²) in [7, 11) is 0. The number of aromatic nitrogens is 2. The summed E-state index contributed by atoms with van der Waals surface area (Å²) < 4.78 is 5.87. The zero-order valence-corrected chi connectivity index (χ0v) is 25.0. The normalized spacial score (nSPS) is 16.3. The molecule has 0 aliphatic heterocycles. The van der Waals surface area contributed by atoms with E-state index in [1.165, 1.54) is 6.33 Å². The number of primary amides is 1. The van der Waals surface area contributed by atoms with E-state index in [4.69, 9.17) is 10.5 Å². The number of aliphatic hydroxyl groups is 1. The average molecular weight is 573 g/mol. The van der Waals surface area contributed by atoms with Gasteiger partial charge in [0.05, 0.1) is 18.5 Å². The number of carbonyl (C=O) groups is 2. The predicted molar refractivity (Wildman–Crippen MR) is 165 cm³/mol. The molecule has 1 aliphatic carbocycles. The van der Waals surface area contributed by atoms with Gasteiger partial charge in [0, 0.05) is 30.7 Å². The Hall–Kier alpha value is -3.91. The van der Waals surface area contributed by atoms with Crippen LogP contribution in [0.3, 0.4) is 0 Å². The Morgan fingerprint density at radius 2 is 1.71 bits per heavy atom. The number of amides is 2. The lowest BCUT2D eigenvalue weighted by Gasteiger charge is -2.37. The Balaban J connectivity index is 1.75. The quantitative estimate of drug-likeness (QED) is 0.183. The third-order valence-electron chi connectivity index (χ3n) is 8.42. The first kappa shape index (κ1) is 31.0. The zero-order valence-electron chi connectivity index (χ0n) is 25.0. The van der Waals surface area contributed by atoms with Gasteiger partial charge in [0.25, 0.3) is 5.91 Å². The van der Waals surface area contributed by atoms with E-state index in [1.54, 1.807) is 6.20 Å². The molecule has 8 nitrogen and oxygen atoms in total. The van der Waals surface area contributed by atoms with Crippen molar-refractivity contribution in [2.24, 2.45) is 23.5 Å². The summed E-state index contributed by atoms with van der Waals surface area (Å²) in [6.07, 6.45) is 4.30. The van der Waals surface area contributed by atoms with E-state index in [2.05, 4.69) is 60.0 Å². The number of rotatable bonds is 14. The minimum Gasteiger partial charge on any atom is -0.432 e. The van der Waals surface area contributed by atoms with Crippen molar-refractivity contribution in [3.63, 3.8) is 0 Å². The van der Waals surface area contributed by atoms with Gasteiger partial charge in [0.2, 0.25) is 0 Å². The van der Waals surface area contributed by atoms with Crippen LogP contribution in [0.4, 0.5) is 4.79 Å². The summed E-state index contributed by atoms with van der Waals surface area (Å²) in [5.41, 5.74) is 8.90. The molecule has 1 unspecified atom stereocenters. The van der Waals surface area contributed by atoms with Crippen molar-refractivity contribution in [2.75, 3.05) is 0 Å². The standard InChI is InChI=1S/C34H44N4O4/c1-6-23(22(4)5)16-31(39)30(15-21(2)3)38-32(40)34(42-33(35)41,17-24-19-36-20-37-24)18-29-27-13-9-7-11-25(27)26-12-8-10-14-28(26)29/h6-14,19-23,29-31,39H,1,15-18H2,2-5H3,(H2,35,41)(H,36,37)(H,38,40)/t23?,30-,31-,34+/m0/s1. The van der Waals surface area contributed by atoms with Crippen LogP contribution in [-0.2, 0) is 16.0 Å². The fourth-order valence-electron chi connectivity index (χ4n) is 6.26. The number of nitrogens with one attached hydrogen (secondary N) is 2. The second-order valence-corrected chi connectivity index (χ2v) is 12.3. The number of allylic oxidation sites excluding steroid dienone is 1. The Bertz CT molecular complexity index is 1320. The van der Waals surface area contributed by atoms with E-state index < -0.39 is 29.7 Å². The van der Waals surface area contributed by atoms with Crippen LogP contribution in [0.1, 0.15) is 69.7 Å². The molecule has 42 heavy (non-hydrogen) atoms. The van der Waals surface area contributed by atoms with Gasteiger partial charge in [-0.25, -0.2) is 9.78 Å². The second-order valence-electron chi connectivity index (χ2n) is 12.3. The summed E-state index contributed by atoms with van der Waals surface area (Å²) in [4.78, 5) is 34.2. The van der Waals surface area contributed by atoms with Gasteiger partial charge in [-0.1, -0.05) is 82.3 Å². The van der Waals surface area contributed by atoms with E-state index >= 15 is 0 Å². The number of aromatic amines is 1. The van der Waals surface area contributed by atoms with Crippen LogP contribution in [0.2, 0.25) is 0 Å². The number of aliphatic hydroxyl groups excluding tert-OH is 1. The van der Waals surface area contributed by atoms with Crippen LogP contribution in [0.5, 0.6) is 0 Å². The Labute approximate surface area is 248 Å². The van der Waals surface area contributed by atoms with E-state index in [1.807, 2.05) is 44.2 Å². The van der Waals surface area contributed by atoms with E-state index in [0.717, 1.165) is 22.3 Å². The third kappa shape index (κ3) is 6.93. The molecule has 1 aromatic heterocycles. The Morgan fingerprint density at radius 1 is 1.10 bits per heavy atom. The van der Waals surface area contributed by atoms with Crippen LogP contribution >= 0.6 is 0 Å². The molecular weight excluding hydrogens is 528 g/mol. The zero-order chi connectivity index (χ0) is 30.4. The molecule has 4 atom stereocenters. The molecule has 1 aliphatic rings. The molecule has 2 amide bonds. The summed E-state index contributed by atoms with van der Waals surface area (Å²) in [6.45, 7) is 12.2. The van der Waals surface area contributed by atoms with E-state index in [9.17, 15) is 14.7 Å².